The third-order valence-electron chi connectivity index (χ3n) is 3.01. The van der Waals surface area contributed by atoms with E-state index in [1.54, 1.807) is 6.07 Å². The Morgan fingerprint density at radius 3 is 2.45 bits per heavy atom. The van der Waals surface area contributed by atoms with Crippen LogP contribution in [0.2, 0.25) is 0 Å². The largest absolute Gasteiger partial charge is 0.491 e. The number of hydrogen-bond acceptors (Lipinski definition) is 2. The lowest BCUT2D eigenvalue weighted by molar-refractivity contribution is -0.137. The summed E-state index contributed by atoms with van der Waals surface area (Å²) in [5, 5.41) is 3.01. The highest BCUT2D eigenvalue weighted by Gasteiger charge is 2.30. The first-order chi connectivity index (χ1) is 10.4. The first-order valence-corrected chi connectivity index (χ1v) is 7.02. The molecular weight excluding hydrogens is 291 g/mol. The molecule has 0 aliphatic heterocycles. The standard InChI is InChI=1S/C17H18F3NO/c1-12(2)22-16-9-4-3-6-13(16)11-21-15-8-5-7-14(10-15)17(18,19)20/h3-10,12,21H,11H2,1-2H3. The molecule has 0 heterocycles. The molecule has 0 aromatic heterocycles. The van der Waals surface area contributed by atoms with Crippen LogP contribution in [0, 0.1) is 0 Å². The molecule has 0 aliphatic carbocycles. The van der Waals surface area contributed by atoms with Crippen molar-refractivity contribution in [3.63, 3.8) is 0 Å². The fourth-order valence-corrected chi connectivity index (χ4v) is 2.02. The van der Waals surface area contributed by atoms with Crippen LogP contribution in [-0.4, -0.2) is 6.10 Å². The number of nitrogens with one attached hydrogen (secondary N) is 1. The topological polar surface area (TPSA) is 21.3 Å². The van der Waals surface area contributed by atoms with E-state index >= 15 is 0 Å². The maximum Gasteiger partial charge on any atom is 0.416 e. The quantitative estimate of drug-likeness (QED) is 0.829. The highest BCUT2D eigenvalue weighted by atomic mass is 19.4. The zero-order valence-electron chi connectivity index (χ0n) is 12.4. The van der Waals surface area contributed by atoms with Gasteiger partial charge in [-0.3, -0.25) is 0 Å². The van der Waals surface area contributed by atoms with Crippen LogP contribution in [0.5, 0.6) is 5.75 Å². The van der Waals surface area contributed by atoms with E-state index in [9.17, 15) is 13.2 Å². The van der Waals surface area contributed by atoms with E-state index in [1.807, 2.05) is 38.1 Å². The van der Waals surface area contributed by atoms with Crippen molar-refractivity contribution in [2.24, 2.45) is 0 Å². The van der Waals surface area contributed by atoms with Gasteiger partial charge in [0.25, 0.3) is 0 Å². The number of alkyl halides is 3. The molecule has 0 unspecified atom stereocenters. The Hall–Kier alpha value is -2.17. The number of rotatable bonds is 5. The minimum absolute atomic E-state index is 0.0368. The van der Waals surface area contributed by atoms with E-state index in [4.69, 9.17) is 4.74 Å². The number of ether oxygens (including phenoxy) is 1. The molecule has 0 spiro atoms. The Kier molecular flexibility index (Phi) is 4.96. The molecule has 0 atom stereocenters. The number of para-hydroxylation sites is 1. The van der Waals surface area contributed by atoms with Crippen LogP contribution in [0.4, 0.5) is 18.9 Å². The van der Waals surface area contributed by atoms with Crippen LogP contribution in [0.15, 0.2) is 48.5 Å². The zero-order valence-corrected chi connectivity index (χ0v) is 12.4. The minimum atomic E-state index is -4.34. The van der Waals surface area contributed by atoms with E-state index in [1.165, 1.54) is 6.07 Å². The van der Waals surface area contributed by atoms with Crippen molar-refractivity contribution in [2.75, 3.05) is 5.32 Å². The maximum absolute atomic E-state index is 12.7. The molecule has 0 radical (unpaired) electrons. The first-order valence-electron chi connectivity index (χ1n) is 7.02. The van der Waals surface area contributed by atoms with Gasteiger partial charge in [0.2, 0.25) is 0 Å². The Bertz CT molecular complexity index is 623. The predicted octanol–water partition coefficient (Wildman–Crippen LogP) is 5.10. The second kappa shape index (κ2) is 6.73. The number of anilines is 1. The van der Waals surface area contributed by atoms with Gasteiger partial charge >= 0.3 is 6.18 Å². The summed E-state index contributed by atoms with van der Waals surface area (Å²) in [6.07, 6.45) is -4.30. The molecule has 5 heteroatoms. The molecule has 2 rings (SSSR count). The third-order valence-corrected chi connectivity index (χ3v) is 3.01. The fraction of sp³-hybridized carbons (Fsp3) is 0.294. The average molecular weight is 309 g/mol. The summed E-state index contributed by atoms with van der Waals surface area (Å²) >= 11 is 0. The maximum atomic E-state index is 12.7. The summed E-state index contributed by atoms with van der Waals surface area (Å²) < 4.78 is 43.8. The molecule has 22 heavy (non-hydrogen) atoms. The molecule has 0 aliphatic rings. The number of hydrogen-bond donors (Lipinski definition) is 1. The van der Waals surface area contributed by atoms with Crippen LogP contribution in [-0.2, 0) is 12.7 Å². The number of benzene rings is 2. The van der Waals surface area contributed by atoms with E-state index in [2.05, 4.69) is 5.32 Å². The summed E-state index contributed by atoms with van der Waals surface area (Å²) in [5.74, 6) is 0.733. The summed E-state index contributed by atoms with van der Waals surface area (Å²) in [5.41, 5.74) is 0.659. The SMILES string of the molecule is CC(C)Oc1ccccc1CNc1cccc(C(F)(F)F)c1. The van der Waals surface area contributed by atoms with Crippen LogP contribution in [0.3, 0.4) is 0 Å². The van der Waals surface area contributed by atoms with Crippen molar-refractivity contribution in [1.82, 2.24) is 0 Å². The normalized spacial score (nSPS) is 11.5. The second-order valence-corrected chi connectivity index (χ2v) is 5.21. The molecule has 118 valence electrons. The van der Waals surface area contributed by atoms with Crippen LogP contribution in [0.25, 0.3) is 0 Å². The molecule has 0 saturated carbocycles. The molecule has 0 amide bonds. The van der Waals surface area contributed by atoms with Crippen LogP contribution in [0.1, 0.15) is 25.0 Å². The molecular formula is C17H18F3NO. The monoisotopic (exact) mass is 309 g/mol. The lowest BCUT2D eigenvalue weighted by Gasteiger charge is -2.15. The first kappa shape index (κ1) is 16.2. The summed E-state index contributed by atoms with van der Waals surface area (Å²) in [6, 6.07) is 12.6. The van der Waals surface area contributed by atoms with Gasteiger partial charge < -0.3 is 10.1 Å². The molecule has 0 bridgehead atoms. The Morgan fingerprint density at radius 1 is 1.05 bits per heavy atom. The van der Waals surface area contributed by atoms with Crippen molar-refractivity contribution in [3.8, 4) is 5.75 Å². The average Bonchev–Trinajstić information content (AvgIpc) is 2.45. The van der Waals surface area contributed by atoms with E-state index in [0.717, 1.165) is 23.4 Å². The van der Waals surface area contributed by atoms with Crippen molar-refractivity contribution in [2.45, 2.75) is 32.7 Å². The van der Waals surface area contributed by atoms with Gasteiger partial charge in [-0.05, 0) is 38.1 Å². The van der Waals surface area contributed by atoms with Crippen LogP contribution < -0.4 is 10.1 Å². The Balaban J connectivity index is 2.11. The van der Waals surface area contributed by atoms with Crippen molar-refractivity contribution < 1.29 is 17.9 Å². The van der Waals surface area contributed by atoms with E-state index in [0.29, 0.717) is 12.2 Å². The lowest BCUT2D eigenvalue weighted by atomic mass is 10.1. The molecule has 1 N–H and O–H groups in total. The summed E-state index contributed by atoms with van der Waals surface area (Å²) in [4.78, 5) is 0. The van der Waals surface area contributed by atoms with Gasteiger partial charge in [-0.2, -0.15) is 13.2 Å². The van der Waals surface area contributed by atoms with Crippen molar-refractivity contribution in [1.29, 1.82) is 0 Å². The van der Waals surface area contributed by atoms with Gasteiger partial charge in [-0.25, -0.2) is 0 Å². The predicted molar refractivity (Wildman–Crippen MR) is 81.0 cm³/mol. The molecule has 0 saturated heterocycles. The molecule has 0 fully saturated rings. The lowest BCUT2D eigenvalue weighted by Crippen LogP contribution is -2.10. The highest BCUT2D eigenvalue weighted by Crippen LogP contribution is 2.31. The molecule has 2 aromatic carbocycles. The Labute approximate surface area is 127 Å². The van der Waals surface area contributed by atoms with Gasteiger partial charge in [0, 0.05) is 17.8 Å². The Morgan fingerprint density at radius 2 is 1.77 bits per heavy atom. The van der Waals surface area contributed by atoms with Gasteiger partial charge in [-0.15, -0.1) is 0 Å². The van der Waals surface area contributed by atoms with E-state index < -0.39 is 11.7 Å². The minimum Gasteiger partial charge on any atom is -0.491 e. The second-order valence-electron chi connectivity index (χ2n) is 5.21. The fourth-order valence-electron chi connectivity index (χ4n) is 2.02. The van der Waals surface area contributed by atoms with E-state index in [-0.39, 0.29) is 6.10 Å². The molecule has 2 aromatic rings. The van der Waals surface area contributed by atoms with Crippen molar-refractivity contribution in [3.05, 3.63) is 59.7 Å². The highest BCUT2D eigenvalue weighted by molar-refractivity contribution is 5.48. The molecule has 2 nitrogen and oxygen atoms in total. The summed E-state index contributed by atoms with van der Waals surface area (Å²) in [7, 11) is 0. The van der Waals surface area contributed by atoms with Gasteiger partial charge in [-0.1, -0.05) is 24.3 Å². The van der Waals surface area contributed by atoms with Gasteiger partial charge in [0.1, 0.15) is 5.75 Å². The third kappa shape index (κ3) is 4.41. The van der Waals surface area contributed by atoms with Gasteiger partial charge in [0.05, 0.1) is 11.7 Å². The van der Waals surface area contributed by atoms with Crippen LogP contribution >= 0.6 is 0 Å². The number of halogens is 3. The summed E-state index contributed by atoms with van der Waals surface area (Å²) in [6.45, 7) is 4.25. The smallest absolute Gasteiger partial charge is 0.416 e. The van der Waals surface area contributed by atoms with Crippen molar-refractivity contribution >= 4 is 5.69 Å². The van der Waals surface area contributed by atoms with Gasteiger partial charge in [0.15, 0.2) is 0 Å². The zero-order chi connectivity index (χ0) is 16.2.